The Morgan fingerprint density at radius 3 is 2.84 bits per heavy atom. The van der Waals surface area contributed by atoms with Crippen molar-refractivity contribution in [3.8, 4) is 0 Å². The molecule has 0 saturated carbocycles. The van der Waals surface area contributed by atoms with Crippen LogP contribution in [-0.2, 0) is 24.3 Å². The van der Waals surface area contributed by atoms with Gasteiger partial charge in [-0.2, -0.15) is 0 Å². The Bertz CT molecular complexity index is 1000. The molecule has 1 N–H and O–H groups in total. The molecule has 6 nitrogen and oxygen atoms in total. The summed E-state index contributed by atoms with van der Waals surface area (Å²) < 4.78 is 3.53. The van der Waals surface area contributed by atoms with Gasteiger partial charge < -0.3 is 9.88 Å². The van der Waals surface area contributed by atoms with Crippen molar-refractivity contribution in [3.63, 3.8) is 0 Å². The summed E-state index contributed by atoms with van der Waals surface area (Å²) in [6, 6.07) is 11.2. The molecule has 0 aliphatic carbocycles. The van der Waals surface area contributed by atoms with Gasteiger partial charge in [0, 0.05) is 24.3 Å². The maximum Gasteiger partial charge on any atom is 0.278 e. The minimum atomic E-state index is -0.158. The Kier molecular flexibility index (Phi) is 3.87. The van der Waals surface area contributed by atoms with Crippen LogP contribution in [0.15, 0.2) is 41.2 Å². The first-order valence-electron chi connectivity index (χ1n) is 8.58. The number of anilines is 1. The zero-order chi connectivity index (χ0) is 17.4. The van der Waals surface area contributed by atoms with Crippen molar-refractivity contribution in [1.82, 2.24) is 14.1 Å². The maximum atomic E-state index is 12.9. The first kappa shape index (κ1) is 15.6. The number of carbonyl (C=O) groups excluding carboxylic acids is 1. The van der Waals surface area contributed by atoms with Crippen molar-refractivity contribution in [2.24, 2.45) is 0 Å². The fraction of sp³-hybridized carbons (Fsp3) is 0.316. The molecule has 1 amide bonds. The number of fused-ring (bicyclic) bond motifs is 2. The predicted octanol–water partition coefficient (Wildman–Crippen LogP) is 2.48. The van der Waals surface area contributed by atoms with E-state index in [9.17, 15) is 9.59 Å². The molecule has 0 spiro atoms. The van der Waals surface area contributed by atoms with Gasteiger partial charge >= 0.3 is 0 Å². The number of nitrogens with one attached hydrogen (secondary N) is 1. The topological polar surface area (TPSA) is 68.9 Å². The van der Waals surface area contributed by atoms with Crippen LogP contribution in [0, 0.1) is 6.92 Å². The third-order valence-electron chi connectivity index (χ3n) is 4.68. The predicted molar refractivity (Wildman–Crippen MR) is 96.7 cm³/mol. The lowest BCUT2D eigenvalue weighted by molar-refractivity contribution is -0.116. The lowest BCUT2D eigenvalue weighted by Crippen LogP contribution is -2.30. The lowest BCUT2D eigenvalue weighted by Gasteiger charge is -2.17. The number of para-hydroxylation sites is 1. The monoisotopic (exact) mass is 336 g/mol. The van der Waals surface area contributed by atoms with E-state index in [0.29, 0.717) is 17.6 Å². The van der Waals surface area contributed by atoms with Gasteiger partial charge in [0.25, 0.3) is 5.56 Å². The summed E-state index contributed by atoms with van der Waals surface area (Å²) >= 11 is 0. The number of aromatic nitrogens is 3. The fourth-order valence-corrected chi connectivity index (χ4v) is 3.46. The molecule has 0 radical (unpaired) electrons. The van der Waals surface area contributed by atoms with Crippen molar-refractivity contribution < 1.29 is 4.79 Å². The smallest absolute Gasteiger partial charge is 0.278 e. The van der Waals surface area contributed by atoms with E-state index in [4.69, 9.17) is 0 Å². The highest BCUT2D eigenvalue weighted by atomic mass is 16.2. The lowest BCUT2D eigenvalue weighted by atomic mass is 10.1. The standard InChI is InChI=1S/C19H20N4O2/c1-13-11-15-18(19(25)22-10-6-5-9-16(22)21-15)23(13)12-17(24)20-14-7-3-2-4-8-14/h2-4,7-8,11H,5-6,9-10,12H2,1H3,(H,20,24). The minimum absolute atomic E-state index is 0.0414. The summed E-state index contributed by atoms with van der Waals surface area (Å²) in [5.41, 5.74) is 2.77. The molecular formula is C19H20N4O2. The molecule has 1 aliphatic rings. The Labute approximate surface area is 145 Å². The van der Waals surface area contributed by atoms with Crippen LogP contribution < -0.4 is 10.9 Å². The van der Waals surface area contributed by atoms with E-state index in [1.165, 1.54) is 0 Å². The highest BCUT2D eigenvalue weighted by Gasteiger charge is 2.19. The van der Waals surface area contributed by atoms with Crippen molar-refractivity contribution in [2.45, 2.75) is 39.3 Å². The van der Waals surface area contributed by atoms with Crippen LogP contribution in [0.25, 0.3) is 11.0 Å². The van der Waals surface area contributed by atoms with Crippen LogP contribution in [0.2, 0.25) is 0 Å². The quantitative estimate of drug-likeness (QED) is 0.799. The molecule has 3 heterocycles. The van der Waals surface area contributed by atoms with Gasteiger partial charge in [-0.15, -0.1) is 0 Å². The number of rotatable bonds is 3. The summed E-state index contributed by atoms with van der Waals surface area (Å²) in [6.45, 7) is 2.71. The van der Waals surface area contributed by atoms with Gasteiger partial charge in [-0.1, -0.05) is 18.2 Å². The minimum Gasteiger partial charge on any atom is -0.330 e. The average molecular weight is 336 g/mol. The van der Waals surface area contributed by atoms with Crippen molar-refractivity contribution in [3.05, 3.63) is 58.3 Å². The highest BCUT2D eigenvalue weighted by molar-refractivity contribution is 5.91. The Morgan fingerprint density at radius 2 is 2.04 bits per heavy atom. The summed E-state index contributed by atoms with van der Waals surface area (Å²) in [5, 5.41) is 2.86. The van der Waals surface area contributed by atoms with Gasteiger partial charge in [0.2, 0.25) is 5.91 Å². The summed E-state index contributed by atoms with van der Waals surface area (Å²) in [6.07, 6.45) is 2.90. The molecule has 0 fully saturated rings. The van der Waals surface area contributed by atoms with Crippen LogP contribution in [-0.4, -0.2) is 20.0 Å². The maximum absolute atomic E-state index is 12.9. The molecule has 25 heavy (non-hydrogen) atoms. The normalized spacial score (nSPS) is 13.6. The van der Waals surface area contributed by atoms with Crippen LogP contribution in [0.3, 0.4) is 0 Å². The van der Waals surface area contributed by atoms with E-state index in [1.54, 1.807) is 9.13 Å². The zero-order valence-corrected chi connectivity index (χ0v) is 14.2. The zero-order valence-electron chi connectivity index (χ0n) is 14.2. The molecule has 3 aromatic rings. The summed E-state index contributed by atoms with van der Waals surface area (Å²) in [7, 11) is 0. The Balaban J connectivity index is 1.71. The van der Waals surface area contributed by atoms with Gasteiger partial charge in [-0.3, -0.25) is 14.2 Å². The molecule has 0 saturated heterocycles. The number of nitrogens with zero attached hydrogens (tertiary/aromatic N) is 3. The number of amides is 1. The molecule has 2 aromatic heterocycles. The van der Waals surface area contributed by atoms with Gasteiger partial charge in [0.1, 0.15) is 17.9 Å². The molecule has 1 aliphatic heterocycles. The first-order chi connectivity index (χ1) is 12.1. The molecule has 128 valence electrons. The fourth-order valence-electron chi connectivity index (χ4n) is 3.46. The second-order valence-electron chi connectivity index (χ2n) is 6.46. The van der Waals surface area contributed by atoms with E-state index >= 15 is 0 Å². The average Bonchev–Trinajstić information content (AvgIpc) is 2.91. The summed E-state index contributed by atoms with van der Waals surface area (Å²) in [5.74, 6) is 0.698. The van der Waals surface area contributed by atoms with Crippen molar-refractivity contribution >= 4 is 22.6 Å². The van der Waals surface area contributed by atoms with E-state index in [-0.39, 0.29) is 18.0 Å². The molecule has 0 unspecified atom stereocenters. The van der Waals surface area contributed by atoms with Crippen molar-refractivity contribution in [1.29, 1.82) is 0 Å². The van der Waals surface area contributed by atoms with Gasteiger partial charge in [-0.05, 0) is 38.0 Å². The molecule has 4 rings (SSSR count). The van der Waals surface area contributed by atoms with E-state index < -0.39 is 0 Å². The van der Waals surface area contributed by atoms with E-state index in [2.05, 4.69) is 10.3 Å². The van der Waals surface area contributed by atoms with Crippen molar-refractivity contribution in [2.75, 3.05) is 5.32 Å². The van der Waals surface area contributed by atoms with E-state index in [1.807, 2.05) is 43.3 Å². The Morgan fingerprint density at radius 1 is 1.24 bits per heavy atom. The van der Waals surface area contributed by atoms with Gasteiger partial charge in [0.15, 0.2) is 0 Å². The summed E-state index contributed by atoms with van der Waals surface area (Å²) in [4.78, 5) is 30.0. The van der Waals surface area contributed by atoms with Crippen LogP contribution in [0.1, 0.15) is 24.4 Å². The molecular weight excluding hydrogens is 316 g/mol. The third-order valence-corrected chi connectivity index (χ3v) is 4.68. The third kappa shape index (κ3) is 2.84. The van der Waals surface area contributed by atoms with Gasteiger partial charge in [0.05, 0.1) is 5.52 Å². The highest BCUT2D eigenvalue weighted by Crippen LogP contribution is 2.18. The van der Waals surface area contributed by atoms with Gasteiger partial charge in [-0.25, -0.2) is 4.98 Å². The second-order valence-corrected chi connectivity index (χ2v) is 6.46. The van der Waals surface area contributed by atoms with Crippen LogP contribution >= 0.6 is 0 Å². The SMILES string of the molecule is Cc1cc2nc3n(c(=O)c2n1CC(=O)Nc1ccccc1)CCCC3. The van der Waals surface area contributed by atoms with Crippen LogP contribution in [0.5, 0.6) is 0 Å². The molecule has 0 atom stereocenters. The van der Waals surface area contributed by atoms with E-state index in [0.717, 1.165) is 36.5 Å². The number of hydrogen-bond acceptors (Lipinski definition) is 3. The molecule has 1 aromatic carbocycles. The number of carbonyl (C=O) groups is 1. The number of aryl methyl sites for hydroxylation is 2. The molecule has 0 bridgehead atoms. The number of hydrogen-bond donors (Lipinski definition) is 1. The van der Waals surface area contributed by atoms with Crippen LogP contribution in [0.4, 0.5) is 5.69 Å². The largest absolute Gasteiger partial charge is 0.330 e. The second kappa shape index (κ2) is 6.20. The Hall–Kier alpha value is -2.89. The first-order valence-corrected chi connectivity index (χ1v) is 8.58. The molecule has 6 heteroatoms. The number of benzene rings is 1.